The number of aromatic nitrogens is 1. The number of nitrogens with one attached hydrogen (secondary N) is 1. The highest BCUT2D eigenvalue weighted by Crippen LogP contribution is 2.25. The van der Waals surface area contributed by atoms with E-state index >= 15 is 0 Å². The van der Waals surface area contributed by atoms with Gasteiger partial charge in [-0.1, -0.05) is 18.2 Å². The second kappa shape index (κ2) is 7.04. The molecule has 20 heavy (non-hydrogen) atoms. The highest BCUT2D eigenvalue weighted by molar-refractivity contribution is 5.80. The fourth-order valence-corrected chi connectivity index (χ4v) is 2.55. The van der Waals surface area contributed by atoms with Gasteiger partial charge in [-0.05, 0) is 45.2 Å². The van der Waals surface area contributed by atoms with Crippen LogP contribution >= 0.6 is 0 Å². The molecule has 3 nitrogen and oxygen atoms in total. The van der Waals surface area contributed by atoms with Crippen molar-refractivity contribution in [1.82, 2.24) is 10.3 Å². The Morgan fingerprint density at radius 2 is 2.30 bits per heavy atom. The van der Waals surface area contributed by atoms with Gasteiger partial charge in [-0.2, -0.15) is 0 Å². The Balaban J connectivity index is 2.42. The fraction of sp³-hybridized carbons (Fsp3) is 0.412. The predicted molar refractivity (Wildman–Crippen MR) is 85.9 cm³/mol. The molecule has 106 valence electrons. The number of hydrogen-bond acceptors (Lipinski definition) is 3. The van der Waals surface area contributed by atoms with Gasteiger partial charge in [0.1, 0.15) is 0 Å². The van der Waals surface area contributed by atoms with Gasteiger partial charge in [0, 0.05) is 30.6 Å². The standard InChI is InChI=1S/C17H23N3/c1-4-7-15(16-10-5-8-13(2)19-16)17-11-6-9-14(20-17)12-18-3/h4,6-7,9,11-13,19H,5,8,10H2,1-3H3/b7-4-,16-15-,18-12+. The minimum absolute atomic E-state index is 0.541. The summed E-state index contributed by atoms with van der Waals surface area (Å²) in [6.07, 6.45) is 9.58. The van der Waals surface area contributed by atoms with E-state index in [-0.39, 0.29) is 0 Å². The number of piperidine rings is 1. The van der Waals surface area contributed by atoms with E-state index < -0.39 is 0 Å². The second-order valence-electron chi connectivity index (χ2n) is 5.16. The molecule has 1 aliphatic heterocycles. The van der Waals surface area contributed by atoms with Gasteiger partial charge >= 0.3 is 0 Å². The Morgan fingerprint density at radius 3 is 3.00 bits per heavy atom. The van der Waals surface area contributed by atoms with E-state index in [0.29, 0.717) is 6.04 Å². The summed E-state index contributed by atoms with van der Waals surface area (Å²) < 4.78 is 0. The Kier molecular flexibility index (Phi) is 5.10. The number of nitrogens with zero attached hydrogens (tertiary/aromatic N) is 2. The van der Waals surface area contributed by atoms with Gasteiger partial charge in [0.2, 0.25) is 0 Å². The smallest absolute Gasteiger partial charge is 0.0815 e. The molecule has 1 atom stereocenters. The molecule has 0 aliphatic carbocycles. The first-order chi connectivity index (χ1) is 9.74. The molecule has 0 aromatic carbocycles. The summed E-state index contributed by atoms with van der Waals surface area (Å²) in [4.78, 5) is 8.72. The van der Waals surface area contributed by atoms with Crippen LogP contribution in [0.1, 0.15) is 44.5 Å². The topological polar surface area (TPSA) is 37.3 Å². The maximum absolute atomic E-state index is 4.68. The SMILES string of the molecule is C/C=C\C(=C1/CCCC(C)N1)c1cccc(/C=N/C)n1. The van der Waals surface area contributed by atoms with Gasteiger partial charge in [-0.25, -0.2) is 4.98 Å². The molecular formula is C17H23N3. The lowest BCUT2D eigenvalue weighted by Gasteiger charge is -2.25. The van der Waals surface area contributed by atoms with Crippen molar-refractivity contribution in [2.24, 2.45) is 4.99 Å². The minimum atomic E-state index is 0.541. The molecule has 1 fully saturated rings. The Labute approximate surface area is 121 Å². The zero-order valence-corrected chi connectivity index (χ0v) is 12.6. The lowest BCUT2D eigenvalue weighted by molar-refractivity contribution is 0.480. The average molecular weight is 269 g/mol. The molecule has 1 aromatic rings. The Morgan fingerprint density at radius 1 is 1.45 bits per heavy atom. The van der Waals surface area contributed by atoms with Crippen molar-refractivity contribution in [1.29, 1.82) is 0 Å². The van der Waals surface area contributed by atoms with Crippen LogP contribution in [0, 0.1) is 0 Å². The van der Waals surface area contributed by atoms with Crippen LogP contribution in [0.4, 0.5) is 0 Å². The lowest BCUT2D eigenvalue weighted by atomic mass is 9.98. The Hall–Kier alpha value is -1.90. The van der Waals surface area contributed by atoms with Crippen LogP contribution in [-0.2, 0) is 0 Å². The largest absolute Gasteiger partial charge is 0.385 e. The van der Waals surface area contributed by atoms with E-state index in [2.05, 4.69) is 40.4 Å². The molecule has 0 spiro atoms. The fourth-order valence-electron chi connectivity index (χ4n) is 2.55. The summed E-state index contributed by atoms with van der Waals surface area (Å²) in [5.74, 6) is 0. The quantitative estimate of drug-likeness (QED) is 0.852. The predicted octanol–water partition coefficient (Wildman–Crippen LogP) is 3.58. The first-order valence-electron chi connectivity index (χ1n) is 7.26. The number of allylic oxidation sites excluding steroid dienone is 4. The molecule has 1 unspecified atom stereocenters. The number of pyridine rings is 1. The molecule has 2 rings (SSSR count). The Bertz CT molecular complexity index is 541. The molecule has 0 amide bonds. The van der Waals surface area contributed by atoms with Gasteiger partial charge in [0.05, 0.1) is 11.4 Å². The van der Waals surface area contributed by atoms with E-state index in [4.69, 9.17) is 0 Å². The van der Waals surface area contributed by atoms with Gasteiger partial charge in [0.25, 0.3) is 0 Å². The lowest BCUT2D eigenvalue weighted by Crippen LogP contribution is -2.30. The van der Waals surface area contributed by atoms with Crippen molar-refractivity contribution >= 4 is 11.8 Å². The van der Waals surface area contributed by atoms with Crippen LogP contribution in [0.2, 0.25) is 0 Å². The van der Waals surface area contributed by atoms with Crippen molar-refractivity contribution in [2.75, 3.05) is 7.05 Å². The van der Waals surface area contributed by atoms with Crippen molar-refractivity contribution in [3.05, 3.63) is 47.4 Å². The molecule has 3 heteroatoms. The zero-order chi connectivity index (χ0) is 14.4. The maximum atomic E-state index is 4.68. The molecule has 0 saturated carbocycles. The molecule has 2 heterocycles. The van der Waals surface area contributed by atoms with Crippen LogP contribution in [0.3, 0.4) is 0 Å². The normalized spacial score (nSPS) is 22.2. The van der Waals surface area contributed by atoms with Crippen molar-refractivity contribution < 1.29 is 0 Å². The molecule has 1 N–H and O–H groups in total. The summed E-state index contributed by atoms with van der Waals surface area (Å²) in [5.41, 5.74) is 4.42. The highest BCUT2D eigenvalue weighted by Gasteiger charge is 2.15. The van der Waals surface area contributed by atoms with Crippen LogP contribution in [-0.4, -0.2) is 24.3 Å². The van der Waals surface area contributed by atoms with Crippen molar-refractivity contribution in [3.63, 3.8) is 0 Å². The van der Waals surface area contributed by atoms with E-state index in [0.717, 1.165) is 17.8 Å². The summed E-state index contributed by atoms with van der Waals surface area (Å²) in [6.45, 7) is 4.28. The van der Waals surface area contributed by atoms with Crippen LogP contribution in [0.5, 0.6) is 0 Å². The van der Waals surface area contributed by atoms with Gasteiger partial charge < -0.3 is 5.32 Å². The van der Waals surface area contributed by atoms with Crippen LogP contribution in [0.15, 0.2) is 41.0 Å². The number of aliphatic imine (C=N–C) groups is 1. The summed E-state index contributed by atoms with van der Waals surface area (Å²) in [6, 6.07) is 6.62. The third kappa shape index (κ3) is 3.56. The van der Waals surface area contributed by atoms with Crippen LogP contribution < -0.4 is 5.32 Å². The summed E-state index contributed by atoms with van der Waals surface area (Å²) in [7, 11) is 1.77. The second-order valence-corrected chi connectivity index (χ2v) is 5.16. The van der Waals surface area contributed by atoms with E-state index in [1.807, 2.05) is 19.1 Å². The first-order valence-corrected chi connectivity index (χ1v) is 7.26. The molecule has 1 aromatic heterocycles. The first kappa shape index (κ1) is 14.5. The third-order valence-corrected chi connectivity index (χ3v) is 3.45. The molecule has 0 radical (unpaired) electrons. The van der Waals surface area contributed by atoms with Crippen molar-refractivity contribution in [2.45, 2.75) is 39.2 Å². The molecule has 0 bridgehead atoms. The average Bonchev–Trinajstić information content (AvgIpc) is 2.45. The zero-order valence-electron chi connectivity index (χ0n) is 12.6. The molecule has 1 aliphatic rings. The minimum Gasteiger partial charge on any atom is -0.385 e. The van der Waals surface area contributed by atoms with Gasteiger partial charge in [0.15, 0.2) is 0 Å². The highest BCUT2D eigenvalue weighted by atomic mass is 14.9. The maximum Gasteiger partial charge on any atom is 0.0815 e. The third-order valence-electron chi connectivity index (χ3n) is 3.45. The van der Waals surface area contributed by atoms with Crippen molar-refractivity contribution in [3.8, 4) is 0 Å². The monoisotopic (exact) mass is 269 g/mol. The summed E-state index contributed by atoms with van der Waals surface area (Å²) in [5, 5.41) is 3.61. The van der Waals surface area contributed by atoms with E-state index in [1.54, 1.807) is 13.3 Å². The number of rotatable bonds is 3. The van der Waals surface area contributed by atoms with E-state index in [9.17, 15) is 0 Å². The van der Waals surface area contributed by atoms with Crippen LogP contribution in [0.25, 0.3) is 5.57 Å². The van der Waals surface area contributed by atoms with Gasteiger partial charge in [-0.15, -0.1) is 0 Å². The summed E-state index contributed by atoms with van der Waals surface area (Å²) >= 11 is 0. The number of hydrogen-bond donors (Lipinski definition) is 1. The van der Waals surface area contributed by atoms with E-state index in [1.165, 1.54) is 24.1 Å². The molecular weight excluding hydrogens is 246 g/mol. The molecule has 1 saturated heterocycles. The van der Waals surface area contributed by atoms with Gasteiger partial charge in [-0.3, -0.25) is 4.99 Å².